The second kappa shape index (κ2) is 7.09. The number of benzene rings is 1. The van der Waals surface area contributed by atoms with Crippen LogP contribution in [0.5, 0.6) is 0 Å². The molecule has 0 atom stereocenters. The van der Waals surface area contributed by atoms with Crippen molar-refractivity contribution in [3.63, 3.8) is 0 Å². The average Bonchev–Trinajstić information content (AvgIpc) is 2.40. The minimum atomic E-state index is -3.77. The molecule has 0 aromatic heterocycles. The Labute approximate surface area is 135 Å². The Balaban J connectivity index is 0.00000242. The lowest BCUT2D eigenvalue weighted by molar-refractivity contribution is 0.360. The Morgan fingerprint density at radius 3 is 2.27 bits per heavy atom. The third-order valence-corrected chi connectivity index (χ3v) is 5.43. The van der Waals surface area contributed by atoms with Crippen LogP contribution in [0.3, 0.4) is 0 Å². The molecule has 1 aliphatic heterocycles. The van der Waals surface area contributed by atoms with Gasteiger partial charge in [0.05, 0.1) is 16.8 Å². The number of nitrogens with one attached hydrogen (secondary N) is 2. The van der Waals surface area contributed by atoms with Crippen LogP contribution in [-0.4, -0.2) is 53.6 Å². The van der Waals surface area contributed by atoms with E-state index in [4.69, 9.17) is 0 Å². The van der Waals surface area contributed by atoms with E-state index in [1.54, 1.807) is 0 Å². The number of hydrogen-bond acceptors (Lipinski definition) is 5. The summed E-state index contributed by atoms with van der Waals surface area (Å²) in [6, 6.07) is 3.12. The summed E-state index contributed by atoms with van der Waals surface area (Å²) in [7, 11) is -7.40. The smallest absolute Gasteiger partial charge is 0.243 e. The standard InChI is InChI=1S/C11H16FN3O4S2.ClH/c1-20(16,17)14-11-3-2-9(8-10(11)12)21(18,19)15-6-4-13-5-7-15;/h2-3,8,13-14H,4-7H2,1H3;1H. The summed E-state index contributed by atoms with van der Waals surface area (Å²) in [6.07, 6.45) is 0.887. The number of sulfonamides is 2. The van der Waals surface area contributed by atoms with Crippen LogP contribution in [0.4, 0.5) is 10.1 Å². The molecule has 0 aliphatic carbocycles. The Morgan fingerprint density at radius 2 is 1.77 bits per heavy atom. The number of anilines is 1. The average molecular weight is 374 g/mol. The molecule has 126 valence electrons. The minimum absolute atomic E-state index is 0. The molecule has 0 spiro atoms. The van der Waals surface area contributed by atoms with Crippen LogP contribution in [-0.2, 0) is 20.0 Å². The van der Waals surface area contributed by atoms with Crippen LogP contribution in [0.1, 0.15) is 0 Å². The van der Waals surface area contributed by atoms with Crippen LogP contribution >= 0.6 is 12.4 Å². The first-order valence-corrected chi connectivity index (χ1v) is 9.51. The topological polar surface area (TPSA) is 95.6 Å². The summed E-state index contributed by atoms with van der Waals surface area (Å²) in [6.45, 7) is 1.70. The van der Waals surface area contributed by atoms with E-state index in [-0.39, 0.29) is 23.0 Å². The molecule has 1 aromatic carbocycles. The molecule has 7 nitrogen and oxygen atoms in total. The number of halogens is 2. The van der Waals surface area contributed by atoms with Gasteiger partial charge in [0.15, 0.2) is 0 Å². The van der Waals surface area contributed by atoms with Gasteiger partial charge in [0.1, 0.15) is 5.82 Å². The van der Waals surface area contributed by atoms with Gasteiger partial charge in [-0.1, -0.05) is 0 Å². The lowest BCUT2D eigenvalue weighted by Crippen LogP contribution is -2.46. The molecule has 0 amide bonds. The van der Waals surface area contributed by atoms with Crippen molar-refractivity contribution in [2.45, 2.75) is 4.90 Å². The Bertz CT molecular complexity index is 734. The van der Waals surface area contributed by atoms with Crippen LogP contribution in [0.25, 0.3) is 0 Å². The van der Waals surface area contributed by atoms with Gasteiger partial charge in [0, 0.05) is 26.2 Å². The first kappa shape index (κ1) is 19.1. The SMILES string of the molecule is CS(=O)(=O)Nc1ccc(S(=O)(=O)N2CCNCC2)cc1F.Cl. The molecule has 0 saturated carbocycles. The quantitative estimate of drug-likeness (QED) is 0.786. The first-order valence-electron chi connectivity index (χ1n) is 6.18. The molecule has 2 rings (SSSR count). The van der Waals surface area contributed by atoms with E-state index in [0.29, 0.717) is 26.2 Å². The van der Waals surface area contributed by atoms with Gasteiger partial charge in [-0.05, 0) is 18.2 Å². The molecule has 0 radical (unpaired) electrons. The highest BCUT2D eigenvalue weighted by atomic mass is 35.5. The number of rotatable bonds is 4. The van der Waals surface area contributed by atoms with Gasteiger partial charge >= 0.3 is 0 Å². The summed E-state index contributed by atoms with van der Waals surface area (Å²) >= 11 is 0. The second-order valence-corrected chi connectivity index (χ2v) is 8.36. The predicted molar refractivity (Wildman–Crippen MR) is 83.7 cm³/mol. The lowest BCUT2D eigenvalue weighted by Gasteiger charge is -2.26. The maximum Gasteiger partial charge on any atom is 0.243 e. The first-order chi connectivity index (χ1) is 9.70. The highest BCUT2D eigenvalue weighted by molar-refractivity contribution is 7.92. The van der Waals surface area contributed by atoms with E-state index in [0.717, 1.165) is 18.4 Å². The van der Waals surface area contributed by atoms with Crippen molar-refractivity contribution in [1.82, 2.24) is 9.62 Å². The molecule has 0 unspecified atom stereocenters. The predicted octanol–water partition coefficient (Wildman–Crippen LogP) is 0.213. The summed E-state index contributed by atoms with van der Waals surface area (Å²) in [5, 5.41) is 3.03. The van der Waals surface area contributed by atoms with E-state index < -0.39 is 25.9 Å². The zero-order chi connectivity index (χ0) is 15.7. The molecule has 1 aliphatic rings. The third-order valence-electron chi connectivity index (χ3n) is 2.95. The molecule has 1 saturated heterocycles. The molecule has 1 aromatic rings. The fourth-order valence-electron chi connectivity index (χ4n) is 1.97. The molecule has 1 heterocycles. The number of nitrogens with zero attached hydrogens (tertiary/aromatic N) is 1. The van der Waals surface area contributed by atoms with Crippen molar-refractivity contribution in [3.8, 4) is 0 Å². The lowest BCUT2D eigenvalue weighted by atomic mass is 10.3. The highest BCUT2D eigenvalue weighted by Crippen LogP contribution is 2.22. The number of piperazine rings is 1. The second-order valence-electron chi connectivity index (χ2n) is 4.67. The van der Waals surface area contributed by atoms with E-state index in [1.807, 2.05) is 4.72 Å². The van der Waals surface area contributed by atoms with Crippen LogP contribution in [0.15, 0.2) is 23.1 Å². The van der Waals surface area contributed by atoms with Gasteiger partial charge in [0.2, 0.25) is 20.0 Å². The molecular weight excluding hydrogens is 357 g/mol. The largest absolute Gasteiger partial charge is 0.314 e. The summed E-state index contributed by atoms with van der Waals surface area (Å²) in [4.78, 5) is -0.194. The number of hydrogen-bond donors (Lipinski definition) is 2. The zero-order valence-electron chi connectivity index (χ0n) is 11.7. The fraction of sp³-hybridized carbons (Fsp3) is 0.455. The van der Waals surface area contributed by atoms with Gasteiger partial charge in [-0.3, -0.25) is 4.72 Å². The van der Waals surface area contributed by atoms with E-state index in [9.17, 15) is 21.2 Å². The highest BCUT2D eigenvalue weighted by Gasteiger charge is 2.26. The summed E-state index contributed by atoms with van der Waals surface area (Å²) < 4.78 is 63.9. The zero-order valence-corrected chi connectivity index (χ0v) is 14.2. The van der Waals surface area contributed by atoms with Gasteiger partial charge < -0.3 is 5.32 Å². The van der Waals surface area contributed by atoms with Crippen molar-refractivity contribution in [2.75, 3.05) is 37.2 Å². The summed E-state index contributed by atoms with van der Waals surface area (Å²) in [5.41, 5.74) is -0.281. The Morgan fingerprint density at radius 1 is 1.18 bits per heavy atom. The van der Waals surface area contributed by atoms with Gasteiger partial charge in [-0.2, -0.15) is 4.31 Å². The van der Waals surface area contributed by atoms with E-state index in [1.165, 1.54) is 10.4 Å². The molecule has 2 N–H and O–H groups in total. The van der Waals surface area contributed by atoms with Crippen molar-refractivity contribution in [2.24, 2.45) is 0 Å². The van der Waals surface area contributed by atoms with Crippen LogP contribution in [0, 0.1) is 5.82 Å². The van der Waals surface area contributed by atoms with Crippen LogP contribution < -0.4 is 10.0 Å². The molecular formula is C11H17ClFN3O4S2. The van der Waals surface area contributed by atoms with Crippen LogP contribution in [0.2, 0.25) is 0 Å². The summed E-state index contributed by atoms with van der Waals surface area (Å²) in [5.74, 6) is -0.934. The minimum Gasteiger partial charge on any atom is -0.314 e. The van der Waals surface area contributed by atoms with Gasteiger partial charge in [-0.25, -0.2) is 21.2 Å². The van der Waals surface area contributed by atoms with Crippen molar-refractivity contribution in [3.05, 3.63) is 24.0 Å². The molecule has 22 heavy (non-hydrogen) atoms. The molecule has 1 fully saturated rings. The van der Waals surface area contributed by atoms with Gasteiger partial charge in [0.25, 0.3) is 0 Å². The molecule has 11 heteroatoms. The Hall–Kier alpha value is -0.940. The Kier molecular flexibility index (Phi) is 6.16. The monoisotopic (exact) mass is 373 g/mol. The van der Waals surface area contributed by atoms with Gasteiger partial charge in [-0.15, -0.1) is 12.4 Å². The maximum atomic E-state index is 13.9. The maximum absolute atomic E-state index is 13.9. The normalized spacial score (nSPS) is 16.8. The van der Waals surface area contributed by atoms with Crippen molar-refractivity contribution >= 4 is 38.1 Å². The third kappa shape index (κ3) is 4.53. The van der Waals surface area contributed by atoms with Crippen molar-refractivity contribution < 1.29 is 21.2 Å². The van der Waals surface area contributed by atoms with E-state index in [2.05, 4.69) is 5.32 Å². The van der Waals surface area contributed by atoms with E-state index >= 15 is 0 Å². The fourth-order valence-corrected chi connectivity index (χ4v) is 3.99. The molecule has 0 bridgehead atoms. The van der Waals surface area contributed by atoms with Crippen molar-refractivity contribution in [1.29, 1.82) is 0 Å².